The summed E-state index contributed by atoms with van der Waals surface area (Å²) < 4.78 is 1.72. The van der Waals surface area contributed by atoms with Gasteiger partial charge in [0.15, 0.2) is 0 Å². The maximum Gasteiger partial charge on any atom is 0.257 e. The number of hydrogen-bond acceptors (Lipinski definition) is 6. The minimum Gasteiger partial charge on any atom is -0.349 e. The maximum absolute atomic E-state index is 4.53. The predicted molar refractivity (Wildman–Crippen MR) is 99.5 cm³/mol. The van der Waals surface area contributed by atoms with Crippen LogP contribution in [-0.4, -0.2) is 30.3 Å². The average Bonchev–Trinajstić information content (AvgIpc) is 2.85. The van der Waals surface area contributed by atoms with Gasteiger partial charge in [0.25, 0.3) is 5.95 Å². The van der Waals surface area contributed by atoms with E-state index in [1.807, 2.05) is 50.2 Å². The van der Waals surface area contributed by atoms with E-state index in [4.69, 9.17) is 0 Å². The van der Waals surface area contributed by atoms with Crippen LogP contribution in [0.15, 0.2) is 36.4 Å². The molecule has 7 nitrogen and oxygen atoms in total. The molecule has 2 aromatic heterocycles. The molecule has 25 heavy (non-hydrogen) atoms. The SMILES string of the molecule is Cc1cc(C)n(-c2nc(Nc3ccccc3)nc(NC(C)(C)C)n2)n1. The second-order valence-corrected chi connectivity index (χ2v) is 6.99. The third kappa shape index (κ3) is 4.32. The number of hydrogen-bond donors (Lipinski definition) is 2. The highest BCUT2D eigenvalue weighted by molar-refractivity contribution is 5.54. The first-order valence-electron chi connectivity index (χ1n) is 8.20. The molecule has 130 valence electrons. The molecule has 2 heterocycles. The summed E-state index contributed by atoms with van der Waals surface area (Å²) in [7, 11) is 0. The van der Waals surface area contributed by atoms with Crippen molar-refractivity contribution in [1.29, 1.82) is 0 Å². The summed E-state index contributed by atoms with van der Waals surface area (Å²) in [5.74, 6) is 1.45. The van der Waals surface area contributed by atoms with Crippen LogP contribution in [0.1, 0.15) is 32.2 Å². The molecule has 0 radical (unpaired) electrons. The Morgan fingerprint density at radius 3 is 2.20 bits per heavy atom. The van der Waals surface area contributed by atoms with Crippen LogP contribution in [0.3, 0.4) is 0 Å². The minimum absolute atomic E-state index is 0.169. The van der Waals surface area contributed by atoms with E-state index in [0.717, 1.165) is 17.1 Å². The van der Waals surface area contributed by atoms with Crippen LogP contribution in [-0.2, 0) is 0 Å². The van der Waals surface area contributed by atoms with Crippen molar-refractivity contribution in [3.63, 3.8) is 0 Å². The van der Waals surface area contributed by atoms with Crippen molar-refractivity contribution in [2.24, 2.45) is 0 Å². The summed E-state index contributed by atoms with van der Waals surface area (Å²) in [6, 6.07) is 11.8. The Balaban J connectivity index is 2.03. The lowest BCUT2D eigenvalue weighted by Gasteiger charge is -2.21. The van der Waals surface area contributed by atoms with Gasteiger partial charge in [-0.2, -0.15) is 20.1 Å². The van der Waals surface area contributed by atoms with Crippen LogP contribution in [0.5, 0.6) is 0 Å². The lowest BCUT2D eigenvalue weighted by molar-refractivity contribution is 0.623. The summed E-state index contributed by atoms with van der Waals surface area (Å²) in [4.78, 5) is 13.6. The van der Waals surface area contributed by atoms with Crippen molar-refractivity contribution in [2.45, 2.75) is 40.2 Å². The smallest absolute Gasteiger partial charge is 0.257 e. The van der Waals surface area contributed by atoms with Gasteiger partial charge in [-0.15, -0.1) is 0 Å². The highest BCUT2D eigenvalue weighted by atomic mass is 15.4. The Morgan fingerprint density at radius 1 is 0.920 bits per heavy atom. The first-order chi connectivity index (χ1) is 11.8. The molecule has 0 aliphatic rings. The number of benzene rings is 1. The fourth-order valence-electron chi connectivity index (χ4n) is 2.39. The van der Waals surface area contributed by atoms with Gasteiger partial charge in [0.2, 0.25) is 11.9 Å². The molecule has 0 amide bonds. The molecule has 7 heteroatoms. The summed E-state index contributed by atoms with van der Waals surface area (Å²) in [6.45, 7) is 10.1. The van der Waals surface area contributed by atoms with Gasteiger partial charge < -0.3 is 10.6 Å². The van der Waals surface area contributed by atoms with E-state index in [2.05, 4.69) is 51.5 Å². The molecule has 3 aromatic rings. The molecule has 0 spiro atoms. The van der Waals surface area contributed by atoms with Gasteiger partial charge in [-0.25, -0.2) is 4.68 Å². The van der Waals surface area contributed by atoms with Crippen LogP contribution in [0.4, 0.5) is 17.6 Å². The lowest BCUT2D eigenvalue weighted by atomic mass is 10.1. The van der Waals surface area contributed by atoms with Crippen LogP contribution < -0.4 is 10.6 Å². The number of nitrogens with one attached hydrogen (secondary N) is 2. The lowest BCUT2D eigenvalue weighted by Crippen LogP contribution is -2.28. The number of aromatic nitrogens is 5. The molecule has 2 N–H and O–H groups in total. The molecule has 1 aromatic carbocycles. The number of nitrogens with zero attached hydrogens (tertiary/aromatic N) is 5. The van der Waals surface area contributed by atoms with E-state index in [1.165, 1.54) is 0 Å². The van der Waals surface area contributed by atoms with Gasteiger partial charge in [-0.05, 0) is 52.8 Å². The van der Waals surface area contributed by atoms with Crippen molar-refractivity contribution >= 4 is 17.6 Å². The van der Waals surface area contributed by atoms with Crippen molar-refractivity contribution in [2.75, 3.05) is 10.6 Å². The Bertz CT molecular complexity index is 863. The standard InChI is InChI=1S/C18H23N7/c1-12-11-13(2)25(24-12)17-21-15(19-14-9-7-6-8-10-14)20-16(22-17)23-18(3,4)5/h6-11H,1-5H3,(H2,19,20,21,22,23). The molecule has 0 atom stereocenters. The molecular weight excluding hydrogens is 314 g/mol. The van der Waals surface area contributed by atoms with E-state index in [9.17, 15) is 0 Å². The Morgan fingerprint density at radius 2 is 1.60 bits per heavy atom. The van der Waals surface area contributed by atoms with Crippen LogP contribution in [0.25, 0.3) is 5.95 Å². The summed E-state index contributed by atoms with van der Waals surface area (Å²) in [6.07, 6.45) is 0. The zero-order valence-electron chi connectivity index (χ0n) is 15.2. The molecule has 3 rings (SSSR count). The summed E-state index contributed by atoms with van der Waals surface area (Å²) >= 11 is 0. The summed E-state index contributed by atoms with van der Waals surface area (Å²) in [5.41, 5.74) is 2.63. The van der Waals surface area contributed by atoms with E-state index < -0.39 is 0 Å². The van der Waals surface area contributed by atoms with E-state index in [-0.39, 0.29) is 5.54 Å². The molecule has 0 fully saturated rings. The Hall–Kier alpha value is -2.96. The van der Waals surface area contributed by atoms with Crippen LogP contribution in [0.2, 0.25) is 0 Å². The predicted octanol–water partition coefficient (Wildman–Crippen LogP) is 3.63. The molecular formula is C18H23N7. The topological polar surface area (TPSA) is 80.5 Å². The quantitative estimate of drug-likeness (QED) is 0.757. The van der Waals surface area contributed by atoms with Crippen molar-refractivity contribution in [1.82, 2.24) is 24.7 Å². The summed E-state index contributed by atoms with van der Waals surface area (Å²) in [5, 5.41) is 11.0. The highest BCUT2D eigenvalue weighted by Crippen LogP contribution is 2.18. The Labute approximate surface area is 147 Å². The van der Waals surface area contributed by atoms with Gasteiger partial charge in [0.1, 0.15) is 0 Å². The van der Waals surface area contributed by atoms with E-state index in [0.29, 0.717) is 17.8 Å². The molecule has 0 aliphatic heterocycles. The van der Waals surface area contributed by atoms with Gasteiger partial charge in [0.05, 0.1) is 5.69 Å². The molecule has 0 saturated carbocycles. The normalized spacial score (nSPS) is 11.4. The number of aryl methyl sites for hydroxylation is 2. The highest BCUT2D eigenvalue weighted by Gasteiger charge is 2.16. The second kappa shape index (κ2) is 6.51. The number of rotatable bonds is 4. The zero-order valence-corrected chi connectivity index (χ0v) is 15.2. The van der Waals surface area contributed by atoms with Gasteiger partial charge in [-0.3, -0.25) is 0 Å². The number of para-hydroxylation sites is 1. The molecule has 0 unspecified atom stereocenters. The second-order valence-electron chi connectivity index (χ2n) is 6.99. The van der Waals surface area contributed by atoms with Gasteiger partial charge in [-0.1, -0.05) is 18.2 Å². The minimum atomic E-state index is -0.169. The molecule has 0 bridgehead atoms. The zero-order chi connectivity index (χ0) is 18.0. The van der Waals surface area contributed by atoms with Crippen molar-refractivity contribution in [3.8, 4) is 5.95 Å². The number of anilines is 3. The molecule has 0 aliphatic carbocycles. The van der Waals surface area contributed by atoms with Crippen molar-refractivity contribution < 1.29 is 0 Å². The largest absolute Gasteiger partial charge is 0.349 e. The first kappa shape index (κ1) is 16.9. The van der Waals surface area contributed by atoms with Crippen LogP contribution in [0, 0.1) is 13.8 Å². The van der Waals surface area contributed by atoms with E-state index >= 15 is 0 Å². The fraction of sp³-hybridized carbons (Fsp3) is 0.333. The third-order valence-corrected chi connectivity index (χ3v) is 3.34. The fourth-order valence-corrected chi connectivity index (χ4v) is 2.39. The first-order valence-corrected chi connectivity index (χ1v) is 8.20. The monoisotopic (exact) mass is 337 g/mol. The maximum atomic E-state index is 4.53. The average molecular weight is 337 g/mol. The van der Waals surface area contributed by atoms with Crippen LogP contribution >= 0.6 is 0 Å². The van der Waals surface area contributed by atoms with E-state index in [1.54, 1.807) is 4.68 Å². The Kier molecular flexibility index (Phi) is 4.39. The third-order valence-electron chi connectivity index (χ3n) is 3.34. The molecule has 0 saturated heterocycles. The van der Waals surface area contributed by atoms with Gasteiger partial charge in [0, 0.05) is 16.9 Å². The van der Waals surface area contributed by atoms with Gasteiger partial charge >= 0.3 is 0 Å². The van der Waals surface area contributed by atoms with Crippen molar-refractivity contribution in [3.05, 3.63) is 47.8 Å².